The van der Waals surface area contributed by atoms with Gasteiger partial charge in [0.15, 0.2) is 0 Å². The van der Waals surface area contributed by atoms with Gasteiger partial charge in [0.1, 0.15) is 0 Å². The van der Waals surface area contributed by atoms with Crippen LogP contribution in [0.2, 0.25) is 0 Å². The Morgan fingerprint density at radius 1 is 0.714 bits per heavy atom. The molecule has 1 heteroatoms. The van der Waals surface area contributed by atoms with Crippen molar-refractivity contribution in [3.8, 4) is 17.2 Å². The van der Waals surface area contributed by atoms with Crippen LogP contribution in [0.15, 0.2) is 72.8 Å². The molecule has 0 saturated heterocycles. The van der Waals surface area contributed by atoms with Crippen molar-refractivity contribution in [1.29, 1.82) is 5.26 Å². The highest BCUT2D eigenvalue weighted by Gasteiger charge is 2.30. The Kier molecular flexibility index (Phi) is 2.62. The molecule has 0 amide bonds. The predicted molar refractivity (Wildman–Crippen MR) is 84.0 cm³/mol. The van der Waals surface area contributed by atoms with Crippen LogP contribution in [0.25, 0.3) is 11.1 Å². The van der Waals surface area contributed by atoms with E-state index in [0.29, 0.717) is 0 Å². The molecule has 0 spiro atoms. The molecule has 0 saturated carbocycles. The number of rotatable bonds is 1. The third-order valence-corrected chi connectivity index (χ3v) is 4.20. The first kappa shape index (κ1) is 11.9. The summed E-state index contributed by atoms with van der Waals surface area (Å²) in [4.78, 5) is 0. The van der Waals surface area contributed by atoms with Crippen molar-refractivity contribution in [2.24, 2.45) is 0 Å². The van der Waals surface area contributed by atoms with Crippen LogP contribution in [0.1, 0.15) is 28.2 Å². The van der Waals surface area contributed by atoms with E-state index in [9.17, 15) is 5.26 Å². The predicted octanol–water partition coefficient (Wildman–Crippen LogP) is 4.72. The summed E-state index contributed by atoms with van der Waals surface area (Å²) in [5, 5.41) is 9.43. The SMILES string of the molecule is N#Cc1cccc2c1-c1ccccc1C2c1ccccc1. The molecule has 3 aromatic carbocycles. The van der Waals surface area contributed by atoms with Crippen LogP contribution in [0, 0.1) is 11.3 Å². The van der Waals surface area contributed by atoms with Crippen molar-refractivity contribution in [2.75, 3.05) is 0 Å². The molecule has 0 aromatic heterocycles. The maximum atomic E-state index is 9.43. The normalized spacial score (nSPS) is 15.1. The molecular formula is C20H13N. The highest BCUT2D eigenvalue weighted by atomic mass is 14.3. The van der Waals surface area contributed by atoms with Gasteiger partial charge in [0.05, 0.1) is 11.6 Å². The molecule has 98 valence electrons. The minimum absolute atomic E-state index is 0.227. The van der Waals surface area contributed by atoms with Gasteiger partial charge >= 0.3 is 0 Å². The van der Waals surface area contributed by atoms with E-state index >= 15 is 0 Å². The first-order valence-electron chi connectivity index (χ1n) is 7.07. The average Bonchev–Trinajstić information content (AvgIpc) is 2.90. The molecule has 0 radical (unpaired) electrons. The van der Waals surface area contributed by atoms with Crippen LogP contribution in [0.4, 0.5) is 0 Å². The monoisotopic (exact) mass is 267 g/mol. The Balaban J connectivity index is 2.06. The molecule has 1 aliphatic carbocycles. The lowest BCUT2D eigenvalue weighted by Crippen LogP contribution is -1.98. The maximum Gasteiger partial charge on any atom is 0.0998 e. The molecule has 1 unspecified atom stereocenters. The van der Waals surface area contributed by atoms with Gasteiger partial charge in [0.25, 0.3) is 0 Å². The molecule has 1 aliphatic rings. The maximum absolute atomic E-state index is 9.43. The summed E-state index contributed by atoms with van der Waals surface area (Å²) >= 11 is 0. The van der Waals surface area contributed by atoms with Crippen LogP contribution in [-0.2, 0) is 0 Å². The van der Waals surface area contributed by atoms with E-state index in [4.69, 9.17) is 0 Å². The number of hydrogen-bond donors (Lipinski definition) is 0. The van der Waals surface area contributed by atoms with Crippen molar-refractivity contribution >= 4 is 0 Å². The van der Waals surface area contributed by atoms with Gasteiger partial charge in [0, 0.05) is 11.5 Å². The molecule has 1 nitrogen and oxygen atoms in total. The molecule has 0 heterocycles. The fourth-order valence-corrected chi connectivity index (χ4v) is 3.35. The minimum atomic E-state index is 0.227. The molecule has 3 aromatic rings. The van der Waals surface area contributed by atoms with Crippen LogP contribution >= 0.6 is 0 Å². The van der Waals surface area contributed by atoms with Crippen molar-refractivity contribution in [1.82, 2.24) is 0 Å². The van der Waals surface area contributed by atoms with Crippen LogP contribution in [-0.4, -0.2) is 0 Å². The second kappa shape index (κ2) is 4.61. The van der Waals surface area contributed by atoms with Gasteiger partial charge in [-0.15, -0.1) is 0 Å². The van der Waals surface area contributed by atoms with Gasteiger partial charge in [-0.05, 0) is 28.3 Å². The highest BCUT2D eigenvalue weighted by molar-refractivity contribution is 5.84. The minimum Gasteiger partial charge on any atom is -0.192 e. The lowest BCUT2D eigenvalue weighted by molar-refractivity contribution is 1.01. The number of fused-ring (bicyclic) bond motifs is 3. The number of nitriles is 1. The molecule has 0 bridgehead atoms. The lowest BCUT2D eigenvalue weighted by Gasteiger charge is -2.14. The lowest BCUT2D eigenvalue weighted by atomic mass is 9.89. The average molecular weight is 267 g/mol. The van der Waals surface area contributed by atoms with E-state index in [2.05, 4.69) is 54.6 Å². The molecule has 0 aliphatic heterocycles. The number of benzene rings is 3. The van der Waals surface area contributed by atoms with E-state index in [-0.39, 0.29) is 5.92 Å². The number of hydrogen-bond acceptors (Lipinski definition) is 1. The second-order valence-corrected chi connectivity index (χ2v) is 5.31. The summed E-state index contributed by atoms with van der Waals surface area (Å²) in [5.74, 6) is 0.227. The Labute approximate surface area is 124 Å². The summed E-state index contributed by atoms with van der Waals surface area (Å²) in [6.07, 6.45) is 0. The number of nitrogens with zero attached hydrogens (tertiary/aromatic N) is 1. The van der Waals surface area contributed by atoms with Crippen LogP contribution < -0.4 is 0 Å². The molecule has 0 N–H and O–H groups in total. The van der Waals surface area contributed by atoms with Gasteiger partial charge in [0.2, 0.25) is 0 Å². The van der Waals surface area contributed by atoms with Crippen molar-refractivity contribution in [3.63, 3.8) is 0 Å². The Hall–Kier alpha value is -2.85. The third-order valence-electron chi connectivity index (χ3n) is 4.20. The summed E-state index contributed by atoms with van der Waals surface area (Å²) in [6, 6.07) is 27.3. The highest BCUT2D eigenvalue weighted by Crippen LogP contribution is 2.48. The molecule has 21 heavy (non-hydrogen) atoms. The van der Waals surface area contributed by atoms with Gasteiger partial charge in [-0.3, -0.25) is 0 Å². The van der Waals surface area contributed by atoms with Crippen molar-refractivity contribution < 1.29 is 0 Å². The smallest absolute Gasteiger partial charge is 0.0998 e. The van der Waals surface area contributed by atoms with E-state index in [1.807, 2.05) is 24.3 Å². The van der Waals surface area contributed by atoms with E-state index in [1.165, 1.54) is 22.3 Å². The Morgan fingerprint density at radius 2 is 1.43 bits per heavy atom. The summed E-state index contributed by atoms with van der Waals surface area (Å²) in [7, 11) is 0. The molecular weight excluding hydrogens is 254 g/mol. The summed E-state index contributed by atoms with van der Waals surface area (Å²) in [6.45, 7) is 0. The van der Waals surface area contributed by atoms with E-state index in [0.717, 1.165) is 11.1 Å². The van der Waals surface area contributed by atoms with Gasteiger partial charge in [-0.1, -0.05) is 66.7 Å². The Morgan fingerprint density at radius 3 is 2.24 bits per heavy atom. The van der Waals surface area contributed by atoms with Gasteiger partial charge in [-0.25, -0.2) is 0 Å². The van der Waals surface area contributed by atoms with Crippen molar-refractivity contribution in [2.45, 2.75) is 5.92 Å². The zero-order valence-corrected chi connectivity index (χ0v) is 11.5. The fraction of sp³-hybridized carbons (Fsp3) is 0.0500. The zero-order valence-electron chi connectivity index (χ0n) is 11.5. The fourth-order valence-electron chi connectivity index (χ4n) is 3.35. The van der Waals surface area contributed by atoms with Gasteiger partial charge < -0.3 is 0 Å². The van der Waals surface area contributed by atoms with E-state index < -0.39 is 0 Å². The quantitative estimate of drug-likeness (QED) is 0.489. The van der Waals surface area contributed by atoms with Crippen LogP contribution in [0.5, 0.6) is 0 Å². The largest absolute Gasteiger partial charge is 0.192 e. The van der Waals surface area contributed by atoms with E-state index in [1.54, 1.807) is 0 Å². The van der Waals surface area contributed by atoms with Gasteiger partial charge in [-0.2, -0.15) is 5.26 Å². The van der Waals surface area contributed by atoms with Crippen LogP contribution in [0.3, 0.4) is 0 Å². The standard InChI is InChI=1S/C20H13N/c21-13-15-9-6-12-18-19(14-7-2-1-3-8-14)16-10-4-5-11-17(16)20(15)18/h1-12,19H. The summed E-state index contributed by atoms with van der Waals surface area (Å²) in [5.41, 5.74) is 6.86. The molecule has 4 rings (SSSR count). The molecule has 0 fully saturated rings. The van der Waals surface area contributed by atoms with Crippen molar-refractivity contribution in [3.05, 3.63) is 95.1 Å². The summed E-state index contributed by atoms with van der Waals surface area (Å²) < 4.78 is 0. The first-order valence-corrected chi connectivity index (χ1v) is 7.07. The Bertz CT molecular complexity index is 857. The second-order valence-electron chi connectivity index (χ2n) is 5.31. The zero-order chi connectivity index (χ0) is 14.2. The topological polar surface area (TPSA) is 23.8 Å². The molecule has 1 atom stereocenters. The first-order chi connectivity index (χ1) is 10.4. The third kappa shape index (κ3) is 1.70.